The highest BCUT2D eigenvalue weighted by Crippen LogP contribution is 2.32. The van der Waals surface area contributed by atoms with Gasteiger partial charge in [-0.25, -0.2) is 0 Å². The normalized spacial score (nSPS) is 21.5. The number of anilines is 1. The zero-order valence-electron chi connectivity index (χ0n) is 11.4. The van der Waals surface area contributed by atoms with Crippen LogP contribution in [0, 0.1) is 0 Å². The van der Waals surface area contributed by atoms with Gasteiger partial charge in [-0.05, 0) is 24.3 Å². The lowest BCUT2D eigenvalue weighted by Gasteiger charge is -2.45. The number of benzene rings is 1. The van der Waals surface area contributed by atoms with Gasteiger partial charge in [0, 0.05) is 19.2 Å². The van der Waals surface area contributed by atoms with Crippen molar-refractivity contribution < 1.29 is 23.8 Å². The summed E-state index contributed by atoms with van der Waals surface area (Å²) in [6, 6.07) is 6.80. The number of methoxy groups -OCH3 is 2. The monoisotopic (exact) mass is 279 g/mol. The van der Waals surface area contributed by atoms with E-state index in [1.807, 2.05) is 0 Å². The van der Waals surface area contributed by atoms with Gasteiger partial charge in [-0.3, -0.25) is 4.79 Å². The van der Waals surface area contributed by atoms with Crippen LogP contribution in [0.4, 0.5) is 5.69 Å². The number of ether oxygens (including phenoxy) is 3. The average molecular weight is 279 g/mol. The highest BCUT2D eigenvalue weighted by Gasteiger charge is 2.48. The Kier molecular flexibility index (Phi) is 4.70. The molecule has 0 aliphatic carbocycles. The van der Waals surface area contributed by atoms with Crippen LogP contribution in [0.25, 0.3) is 0 Å². The molecule has 6 heteroatoms. The first-order valence-electron chi connectivity index (χ1n) is 6.24. The molecule has 1 fully saturated rings. The molecule has 0 N–H and O–H groups in total. The summed E-state index contributed by atoms with van der Waals surface area (Å²) >= 11 is 0. The van der Waals surface area contributed by atoms with Crippen molar-refractivity contribution in [3.63, 3.8) is 0 Å². The van der Waals surface area contributed by atoms with Gasteiger partial charge in [-0.15, -0.1) is 0 Å². The third kappa shape index (κ3) is 2.66. The molecular weight excluding hydrogens is 262 g/mol. The van der Waals surface area contributed by atoms with Gasteiger partial charge in [0.15, 0.2) is 6.10 Å². The molecule has 2 rings (SSSR count). The van der Waals surface area contributed by atoms with E-state index in [0.29, 0.717) is 5.75 Å². The topological polar surface area (TPSA) is 65.1 Å². The molecule has 1 amide bonds. The van der Waals surface area contributed by atoms with Gasteiger partial charge in [0.2, 0.25) is 0 Å². The molecule has 0 saturated carbocycles. The molecule has 1 aliphatic rings. The van der Waals surface area contributed by atoms with Crippen molar-refractivity contribution in [1.82, 2.24) is 0 Å². The lowest BCUT2D eigenvalue weighted by atomic mass is 9.94. The molecule has 0 spiro atoms. The predicted molar refractivity (Wildman–Crippen MR) is 71.7 cm³/mol. The van der Waals surface area contributed by atoms with Gasteiger partial charge < -0.3 is 23.9 Å². The van der Waals surface area contributed by atoms with Crippen molar-refractivity contribution >= 4 is 17.9 Å². The van der Waals surface area contributed by atoms with Crippen LogP contribution in [0.2, 0.25) is 0 Å². The summed E-state index contributed by atoms with van der Waals surface area (Å²) in [5, 5.41) is 0. The number of carbonyl (C=O) groups is 2. The molecule has 1 saturated heterocycles. The Balaban J connectivity index is 2.13. The standard InChI is InChI=1S/C14H17NO5/c1-18-9-20-13-12(7-8-16)15(14(13)17)10-3-5-11(19-2)6-4-10/h3-6,8,12-13H,7,9H2,1-2H3/t12-,13+/m0/s1. The highest BCUT2D eigenvalue weighted by atomic mass is 16.7. The summed E-state index contributed by atoms with van der Waals surface area (Å²) in [5.74, 6) is 0.542. The van der Waals surface area contributed by atoms with Crippen molar-refractivity contribution in [2.75, 3.05) is 25.9 Å². The third-order valence-electron chi connectivity index (χ3n) is 3.22. The van der Waals surface area contributed by atoms with Crippen LogP contribution in [0.3, 0.4) is 0 Å². The summed E-state index contributed by atoms with van der Waals surface area (Å²) in [4.78, 5) is 24.4. The van der Waals surface area contributed by atoms with Crippen LogP contribution in [-0.4, -0.2) is 45.4 Å². The fourth-order valence-corrected chi connectivity index (χ4v) is 2.23. The van der Waals surface area contributed by atoms with Crippen molar-refractivity contribution in [2.24, 2.45) is 0 Å². The van der Waals surface area contributed by atoms with E-state index in [9.17, 15) is 9.59 Å². The quantitative estimate of drug-likeness (QED) is 0.423. The minimum Gasteiger partial charge on any atom is -0.497 e. The Morgan fingerprint density at radius 1 is 1.25 bits per heavy atom. The maximum atomic E-state index is 12.1. The first-order valence-corrected chi connectivity index (χ1v) is 6.24. The summed E-state index contributed by atoms with van der Waals surface area (Å²) < 4.78 is 15.2. The molecular formula is C14H17NO5. The molecule has 0 bridgehead atoms. The van der Waals surface area contributed by atoms with E-state index < -0.39 is 6.10 Å². The van der Waals surface area contributed by atoms with E-state index in [0.717, 1.165) is 12.0 Å². The maximum absolute atomic E-state index is 12.1. The molecule has 0 aromatic heterocycles. The van der Waals surface area contributed by atoms with Gasteiger partial charge in [0.05, 0.1) is 13.2 Å². The number of aldehydes is 1. The fourth-order valence-electron chi connectivity index (χ4n) is 2.23. The Morgan fingerprint density at radius 3 is 2.50 bits per heavy atom. The number of nitrogens with zero attached hydrogens (tertiary/aromatic N) is 1. The second-order valence-electron chi connectivity index (χ2n) is 4.37. The lowest BCUT2D eigenvalue weighted by molar-refractivity contribution is -0.154. The molecule has 1 aliphatic heterocycles. The largest absolute Gasteiger partial charge is 0.497 e. The van der Waals surface area contributed by atoms with E-state index in [-0.39, 0.29) is 25.2 Å². The minimum absolute atomic E-state index is 0.0300. The van der Waals surface area contributed by atoms with Crippen molar-refractivity contribution in [1.29, 1.82) is 0 Å². The molecule has 2 atom stereocenters. The zero-order valence-corrected chi connectivity index (χ0v) is 11.4. The van der Waals surface area contributed by atoms with Crippen LogP contribution >= 0.6 is 0 Å². The first-order chi connectivity index (χ1) is 9.72. The van der Waals surface area contributed by atoms with Crippen LogP contribution in [0.5, 0.6) is 5.75 Å². The predicted octanol–water partition coefficient (Wildman–Crippen LogP) is 0.988. The Morgan fingerprint density at radius 2 is 1.95 bits per heavy atom. The van der Waals surface area contributed by atoms with Crippen LogP contribution < -0.4 is 9.64 Å². The van der Waals surface area contributed by atoms with E-state index in [1.54, 1.807) is 36.3 Å². The molecule has 6 nitrogen and oxygen atoms in total. The second-order valence-corrected chi connectivity index (χ2v) is 4.37. The summed E-state index contributed by atoms with van der Waals surface area (Å²) in [6.07, 6.45) is 0.394. The molecule has 1 aromatic carbocycles. The maximum Gasteiger partial charge on any atom is 0.258 e. The summed E-state index contributed by atoms with van der Waals surface area (Å²) in [7, 11) is 3.06. The minimum atomic E-state index is -0.623. The number of carbonyl (C=O) groups excluding carboxylic acids is 2. The molecule has 108 valence electrons. The Bertz CT molecular complexity index is 473. The van der Waals surface area contributed by atoms with Gasteiger partial charge in [-0.2, -0.15) is 0 Å². The summed E-state index contributed by atoms with van der Waals surface area (Å²) in [5.41, 5.74) is 0.722. The average Bonchev–Trinajstić information content (AvgIpc) is 2.48. The number of hydrogen-bond acceptors (Lipinski definition) is 5. The number of rotatable bonds is 7. The Labute approximate surface area is 117 Å². The molecule has 1 aromatic rings. The number of amides is 1. The highest BCUT2D eigenvalue weighted by molar-refractivity contribution is 6.05. The van der Waals surface area contributed by atoms with E-state index in [2.05, 4.69) is 0 Å². The van der Waals surface area contributed by atoms with E-state index in [4.69, 9.17) is 14.2 Å². The SMILES string of the molecule is COCO[C@H]1C(=O)N(c2ccc(OC)cc2)[C@H]1CC=O. The molecule has 1 heterocycles. The van der Waals surface area contributed by atoms with Crippen LogP contribution in [0.1, 0.15) is 6.42 Å². The van der Waals surface area contributed by atoms with E-state index >= 15 is 0 Å². The molecule has 20 heavy (non-hydrogen) atoms. The number of hydrogen-bond donors (Lipinski definition) is 0. The number of β-lactam (4-membered cyclic amide) rings is 1. The van der Waals surface area contributed by atoms with Gasteiger partial charge in [0.1, 0.15) is 18.8 Å². The second kappa shape index (κ2) is 6.49. The fraction of sp³-hybridized carbons (Fsp3) is 0.429. The third-order valence-corrected chi connectivity index (χ3v) is 3.22. The smallest absolute Gasteiger partial charge is 0.258 e. The van der Waals surface area contributed by atoms with Crippen molar-refractivity contribution in [3.05, 3.63) is 24.3 Å². The van der Waals surface area contributed by atoms with Crippen molar-refractivity contribution in [2.45, 2.75) is 18.6 Å². The first kappa shape index (κ1) is 14.5. The van der Waals surface area contributed by atoms with Gasteiger partial charge in [0.25, 0.3) is 5.91 Å². The summed E-state index contributed by atoms with van der Waals surface area (Å²) in [6.45, 7) is 0.0300. The van der Waals surface area contributed by atoms with Crippen molar-refractivity contribution in [3.8, 4) is 5.75 Å². The van der Waals surface area contributed by atoms with Gasteiger partial charge >= 0.3 is 0 Å². The van der Waals surface area contributed by atoms with Crippen LogP contribution in [-0.2, 0) is 19.1 Å². The molecule has 0 radical (unpaired) electrons. The molecule has 0 unspecified atom stereocenters. The zero-order chi connectivity index (χ0) is 14.5. The van der Waals surface area contributed by atoms with Crippen LogP contribution in [0.15, 0.2) is 24.3 Å². The Hall–Kier alpha value is -1.92. The lowest BCUT2D eigenvalue weighted by Crippen LogP contribution is -2.66. The van der Waals surface area contributed by atoms with Gasteiger partial charge in [-0.1, -0.05) is 0 Å². The van der Waals surface area contributed by atoms with E-state index in [1.165, 1.54) is 7.11 Å².